The Kier molecular flexibility index (Phi) is 4.33. The fourth-order valence-corrected chi connectivity index (χ4v) is 1.97. The summed E-state index contributed by atoms with van der Waals surface area (Å²) in [5.41, 5.74) is 1.36. The van der Waals surface area contributed by atoms with Gasteiger partial charge in [-0.3, -0.25) is 9.59 Å². The number of nitrogens with zero attached hydrogens (tertiary/aromatic N) is 1. The molecule has 0 saturated carbocycles. The molecular weight excluding hydrogens is 292 g/mol. The minimum Gasteiger partial charge on any atom is -0.495 e. The van der Waals surface area contributed by atoms with Gasteiger partial charge in [0, 0.05) is 36.0 Å². The Hall–Kier alpha value is -2.27. The van der Waals surface area contributed by atoms with Crippen LogP contribution in [0.15, 0.2) is 35.3 Å². The summed E-state index contributed by atoms with van der Waals surface area (Å²) in [4.78, 5) is 23.8. The van der Waals surface area contributed by atoms with E-state index in [4.69, 9.17) is 16.3 Å². The number of aromatic nitrogens is 1. The summed E-state index contributed by atoms with van der Waals surface area (Å²) in [6, 6.07) is 6.22. The van der Waals surface area contributed by atoms with Gasteiger partial charge in [-0.05, 0) is 24.6 Å². The number of anilines is 1. The van der Waals surface area contributed by atoms with Crippen LogP contribution in [-0.4, -0.2) is 17.6 Å². The Morgan fingerprint density at radius 1 is 1.33 bits per heavy atom. The van der Waals surface area contributed by atoms with Crippen molar-refractivity contribution in [2.24, 2.45) is 7.05 Å². The molecule has 0 aliphatic carbocycles. The summed E-state index contributed by atoms with van der Waals surface area (Å²) in [5.74, 6) is 0.0792. The lowest BCUT2D eigenvalue weighted by atomic mass is 10.2. The first kappa shape index (κ1) is 15.1. The van der Waals surface area contributed by atoms with Crippen molar-refractivity contribution in [1.82, 2.24) is 4.57 Å². The lowest BCUT2D eigenvalue weighted by molar-refractivity contribution is 0.102. The quantitative estimate of drug-likeness (QED) is 0.948. The zero-order valence-electron chi connectivity index (χ0n) is 11.9. The Morgan fingerprint density at radius 2 is 2.05 bits per heavy atom. The van der Waals surface area contributed by atoms with Gasteiger partial charge in [-0.1, -0.05) is 11.6 Å². The topological polar surface area (TPSA) is 60.3 Å². The van der Waals surface area contributed by atoms with E-state index in [1.807, 2.05) is 6.92 Å². The van der Waals surface area contributed by atoms with Gasteiger partial charge in [0.2, 0.25) is 0 Å². The molecule has 0 bridgehead atoms. The lowest BCUT2D eigenvalue weighted by Crippen LogP contribution is -2.20. The highest BCUT2D eigenvalue weighted by molar-refractivity contribution is 6.31. The van der Waals surface area contributed by atoms with Crippen LogP contribution in [0.4, 0.5) is 5.69 Å². The van der Waals surface area contributed by atoms with Crippen molar-refractivity contribution in [1.29, 1.82) is 0 Å². The highest BCUT2D eigenvalue weighted by Gasteiger charge is 2.12. The van der Waals surface area contributed by atoms with E-state index in [0.717, 1.165) is 5.56 Å². The van der Waals surface area contributed by atoms with Crippen LogP contribution in [0.25, 0.3) is 0 Å². The van der Waals surface area contributed by atoms with E-state index in [1.54, 1.807) is 31.4 Å². The highest BCUT2D eigenvalue weighted by atomic mass is 35.5. The van der Waals surface area contributed by atoms with Gasteiger partial charge >= 0.3 is 0 Å². The van der Waals surface area contributed by atoms with Gasteiger partial charge in [0.15, 0.2) is 0 Å². The van der Waals surface area contributed by atoms with Gasteiger partial charge in [-0.25, -0.2) is 0 Å². The first-order valence-electron chi connectivity index (χ1n) is 6.24. The minimum absolute atomic E-state index is 0.248. The molecule has 1 N–H and O–H groups in total. The smallest absolute Gasteiger partial charge is 0.256 e. The molecule has 1 aromatic heterocycles. The maximum absolute atomic E-state index is 12.2. The van der Waals surface area contributed by atoms with E-state index in [0.29, 0.717) is 16.5 Å². The lowest BCUT2D eigenvalue weighted by Gasteiger charge is -2.12. The third kappa shape index (κ3) is 3.25. The monoisotopic (exact) mass is 306 g/mol. The normalized spacial score (nSPS) is 10.3. The van der Waals surface area contributed by atoms with Crippen molar-refractivity contribution in [3.8, 4) is 5.75 Å². The molecule has 1 amide bonds. The van der Waals surface area contributed by atoms with Crippen LogP contribution in [0, 0.1) is 6.92 Å². The van der Waals surface area contributed by atoms with Crippen molar-refractivity contribution in [3.05, 3.63) is 57.0 Å². The molecule has 110 valence electrons. The number of nitrogens with one attached hydrogen (secondary N) is 1. The molecule has 0 unspecified atom stereocenters. The number of carbonyl (C=O) groups excluding carboxylic acids is 1. The van der Waals surface area contributed by atoms with Gasteiger partial charge in [0.25, 0.3) is 11.5 Å². The van der Waals surface area contributed by atoms with Crippen LogP contribution in [0.5, 0.6) is 5.75 Å². The first-order chi connectivity index (χ1) is 9.92. The SMILES string of the molecule is COc1cc(Cl)c(C)cc1NC(=O)c1ccn(C)c(=O)c1. The fraction of sp³-hybridized carbons (Fsp3) is 0.200. The molecule has 1 heterocycles. The second-order valence-electron chi connectivity index (χ2n) is 4.62. The van der Waals surface area contributed by atoms with Gasteiger partial charge in [-0.2, -0.15) is 0 Å². The third-order valence-corrected chi connectivity index (χ3v) is 3.50. The number of methoxy groups -OCH3 is 1. The van der Waals surface area contributed by atoms with E-state index in [2.05, 4.69) is 5.32 Å². The second kappa shape index (κ2) is 6.01. The summed E-state index contributed by atoms with van der Waals surface area (Å²) < 4.78 is 6.59. The van der Waals surface area contributed by atoms with Crippen molar-refractivity contribution in [3.63, 3.8) is 0 Å². The predicted molar refractivity (Wildman–Crippen MR) is 82.4 cm³/mol. The average molecular weight is 307 g/mol. The van der Waals surface area contributed by atoms with E-state index in [-0.39, 0.29) is 17.0 Å². The molecule has 0 fully saturated rings. The Morgan fingerprint density at radius 3 is 2.67 bits per heavy atom. The maximum Gasteiger partial charge on any atom is 0.256 e. The van der Waals surface area contributed by atoms with E-state index < -0.39 is 0 Å². The molecule has 0 aliphatic heterocycles. The van der Waals surface area contributed by atoms with Crippen LogP contribution in [0.1, 0.15) is 15.9 Å². The summed E-state index contributed by atoms with van der Waals surface area (Å²) in [6.07, 6.45) is 1.54. The number of benzene rings is 1. The summed E-state index contributed by atoms with van der Waals surface area (Å²) in [7, 11) is 3.12. The summed E-state index contributed by atoms with van der Waals surface area (Å²) in [5, 5.41) is 3.28. The number of hydrogen-bond acceptors (Lipinski definition) is 3. The van der Waals surface area contributed by atoms with E-state index in [9.17, 15) is 9.59 Å². The zero-order valence-corrected chi connectivity index (χ0v) is 12.7. The van der Waals surface area contributed by atoms with Crippen molar-refractivity contribution in [2.45, 2.75) is 6.92 Å². The molecule has 0 saturated heterocycles. The molecule has 0 aliphatic rings. The Labute approximate surface area is 127 Å². The van der Waals surface area contributed by atoms with E-state index in [1.165, 1.54) is 17.7 Å². The molecule has 1 aromatic carbocycles. The number of hydrogen-bond donors (Lipinski definition) is 1. The number of rotatable bonds is 3. The number of carbonyl (C=O) groups is 1. The van der Waals surface area contributed by atoms with Crippen LogP contribution < -0.4 is 15.6 Å². The molecule has 21 heavy (non-hydrogen) atoms. The average Bonchev–Trinajstić information content (AvgIpc) is 2.45. The van der Waals surface area contributed by atoms with E-state index >= 15 is 0 Å². The molecule has 2 rings (SSSR count). The second-order valence-corrected chi connectivity index (χ2v) is 5.03. The van der Waals surface area contributed by atoms with Crippen LogP contribution in [0.3, 0.4) is 0 Å². The molecule has 0 radical (unpaired) electrons. The fourth-order valence-electron chi connectivity index (χ4n) is 1.81. The molecule has 2 aromatic rings. The zero-order chi connectivity index (χ0) is 15.6. The first-order valence-corrected chi connectivity index (χ1v) is 6.62. The van der Waals surface area contributed by atoms with Gasteiger partial charge in [0.05, 0.1) is 12.8 Å². The molecule has 6 heteroatoms. The summed E-state index contributed by atoms with van der Waals surface area (Å²) >= 11 is 6.02. The summed E-state index contributed by atoms with van der Waals surface area (Å²) in [6.45, 7) is 1.83. The van der Waals surface area contributed by atoms with Crippen molar-refractivity contribution in [2.75, 3.05) is 12.4 Å². The Bertz CT molecular complexity index is 753. The van der Waals surface area contributed by atoms with Crippen LogP contribution >= 0.6 is 11.6 Å². The standard InChI is InChI=1S/C15H15ClN2O3/c1-9-6-12(13(21-3)8-11(9)16)17-15(20)10-4-5-18(2)14(19)7-10/h4-8H,1-3H3,(H,17,20). The van der Waals surface area contributed by atoms with Crippen LogP contribution in [-0.2, 0) is 7.05 Å². The molecule has 0 spiro atoms. The largest absolute Gasteiger partial charge is 0.495 e. The van der Waals surface area contributed by atoms with Gasteiger partial charge < -0.3 is 14.6 Å². The number of aryl methyl sites for hydroxylation is 2. The number of halogens is 1. The molecule has 5 nitrogen and oxygen atoms in total. The molecule has 0 atom stereocenters. The van der Waals surface area contributed by atoms with Crippen molar-refractivity contribution >= 4 is 23.2 Å². The number of amides is 1. The van der Waals surface area contributed by atoms with Gasteiger partial charge in [0.1, 0.15) is 5.75 Å². The van der Waals surface area contributed by atoms with Crippen LogP contribution in [0.2, 0.25) is 5.02 Å². The minimum atomic E-state index is -0.382. The number of ether oxygens (including phenoxy) is 1. The van der Waals surface area contributed by atoms with Crippen molar-refractivity contribution < 1.29 is 9.53 Å². The highest BCUT2D eigenvalue weighted by Crippen LogP contribution is 2.31. The third-order valence-electron chi connectivity index (χ3n) is 3.10. The molecular formula is C15H15ClN2O3. The van der Waals surface area contributed by atoms with Gasteiger partial charge in [-0.15, -0.1) is 0 Å². The predicted octanol–water partition coefficient (Wildman–Crippen LogP) is 2.61. The Balaban J connectivity index is 2.33. The number of pyridine rings is 1. The maximum atomic E-state index is 12.2.